The Morgan fingerprint density at radius 1 is 1.19 bits per heavy atom. The summed E-state index contributed by atoms with van der Waals surface area (Å²) >= 11 is 1.28. The van der Waals surface area contributed by atoms with Crippen LogP contribution in [-0.2, 0) is 0 Å². The van der Waals surface area contributed by atoms with E-state index < -0.39 is 5.82 Å². The third-order valence-corrected chi connectivity index (χ3v) is 6.38. The van der Waals surface area contributed by atoms with E-state index in [0.717, 1.165) is 53.1 Å². The van der Waals surface area contributed by atoms with Gasteiger partial charge in [0.25, 0.3) is 0 Å². The molecule has 0 atom stereocenters. The normalized spacial score (nSPS) is 14.7. The largest absolute Gasteiger partial charge is 0.397 e. The monoisotopic (exact) mass is 383 g/mol. The number of fused-ring (bicyclic) bond motifs is 1. The maximum atomic E-state index is 14.0. The zero-order valence-electron chi connectivity index (χ0n) is 15.5. The smallest absolute Gasteiger partial charge is 0.207 e. The van der Waals surface area contributed by atoms with Gasteiger partial charge in [-0.15, -0.1) is 11.3 Å². The van der Waals surface area contributed by atoms with Gasteiger partial charge in [0.2, 0.25) is 5.78 Å². The standard InChI is InChI=1S/C21H22FN3OS/c1-12-10-16-18(23)20(27-21(16)24-13(12)2)19(26)15-11-14(22)6-7-17(15)25-8-4-3-5-9-25/h6-7,10-11H,3-5,8-9,23H2,1-2H3. The summed E-state index contributed by atoms with van der Waals surface area (Å²) in [5, 5.41) is 0.794. The predicted molar refractivity (Wildman–Crippen MR) is 109 cm³/mol. The number of hydrogen-bond donors (Lipinski definition) is 1. The summed E-state index contributed by atoms with van der Waals surface area (Å²) < 4.78 is 14.0. The molecule has 0 radical (unpaired) electrons. The first kappa shape index (κ1) is 17.9. The van der Waals surface area contributed by atoms with Crippen molar-refractivity contribution in [1.82, 2.24) is 4.98 Å². The lowest BCUT2D eigenvalue weighted by Gasteiger charge is -2.30. The Morgan fingerprint density at radius 2 is 1.93 bits per heavy atom. The number of nitrogens with two attached hydrogens (primary N) is 1. The highest BCUT2D eigenvalue weighted by Gasteiger charge is 2.24. The zero-order chi connectivity index (χ0) is 19.1. The number of anilines is 2. The number of nitrogen functional groups attached to an aromatic ring is 1. The lowest BCUT2D eigenvalue weighted by molar-refractivity contribution is 0.104. The molecule has 0 amide bonds. The van der Waals surface area contributed by atoms with E-state index in [1.54, 1.807) is 6.07 Å². The van der Waals surface area contributed by atoms with Crippen LogP contribution in [0.4, 0.5) is 15.8 Å². The lowest BCUT2D eigenvalue weighted by atomic mass is 10.0. The van der Waals surface area contributed by atoms with Gasteiger partial charge >= 0.3 is 0 Å². The van der Waals surface area contributed by atoms with Crippen molar-refractivity contribution in [2.45, 2.75) is 33.1 Å². The highest BCUT2D eigenvalue weighted by atomic mass is 32.1. The molecule has 1 aliphatic heterocycles. The van der Waals surface area contributed by atoms with Crippen LogP contribution in [-0.4, -0.2) is 23.9 Å². The first-order chi connectivity index (χ1) is 13.0. The number of ketones is 1. The number of aryl methyl sites for hydroxylation is 2. The first-order valence-corrected chi connectivity index (χ1v) is 10.0. The number of aromatic nitrogens is 1. The number of halogens is 1. The Balaban J connectivity index is 1.82. The quantitative estimate of drug-likeness (QED) is 0.657. The van der Waals surface area contributed by atoms with E-state index in [1.807, 2.05) is 19.9 Å². The van der Waals surface area contributed by atoms with Gasteiger partial charge in [0.05, 0.1) is 5.69 Å². The Morgan fingerprint density at radius 3 is 2.67 bits per heavy atom. The summed E-state index contributed by atoms with van der Waals surface area (Å²) in [4.78, 5) is 21.3. The molecule has 3 heterocycles. The predicted octanol–water partition coefficient (Wildman–Crippen LogP) is 4.86. The average molecular weight is 383 g/mol. The molecule has 1 saturated heterocycles. The number of nitrogens with zero attached hydrogens (tertiary/aromatic N) is 2. The topological polar surface area (TPSA) is 59.2 Å². The minimum absolute atomic E-state index is 0.231. The van der Waals surface area contributed by atoms with Gasteiger partial charge in [-0.25, -0.2) is 9.37 Å². The van der Waals surface area contributed by atoms with Crippen molar-refractivity contribution in [2.75, 3.05) is 23.7 Å². The molecule has 0 spiro atoms. The molecule has 0 aliphatic carbocycles. The molecule has 0 unspecified atom stereocenters. The van der Waals surface area contributed by atoms with Gasteiger partial charge in [-0.05, 0) is 62.9 Å². The number of thiophene rings is 1. The van der Waals surface area contributed by atoms with E-state index in [4.69, 9.17) is 5.73 Å². The summed E-state index contributed by atoms with van der Waals surface area (Å²) in [5.74, 6) is -0.644. The second-order valence-corrected chi connectivity index (χ2v) is 8.13. The molecule has 4 rings (SSSR count). The van der Waals surface area contributed by atoms with Crippen molar-refractivity contribution in [3.63, 3.8) is 0 Å². The number of carbonyl (C=O) groups is 1. The van der Waals surface area contributed by atoms with Crippen molar-refractivity contribution in [3.05, 3.63) is 51.8 Å². The fourth-order valence-electron chi connectivity index (χ4n) is 3.62. The van der Waals surface area contributed by atoms with Crippen molar-refractivity contribution >= 4 is 38.7 Å². The minimum atomic E-state index is -0.413. The van der Waals surface area contributed by atoms with E-state index >= 15 is 0 Å². The van der Waals surface area contributed by atoms with Crippen LogP contribution in [0.2, 0.25) is 0 Å². The molecule has 2 aromatic heterocycles. The molecule has 1 fully saturated rings. The number of pyridine rings is 1. The summed E-state index contributed by atoms with van der Waals surface area (Å²) in [6.07, 6.45) is 3.35. The molecule has 140 valence electrons. The molecule has 1 aliphatic rings. The minimum Gasteiger partial charge on any atom is -0.397 e. The summed E-state index contributed by atoms with van der Waals surface area (Å²) in [6, 6.07) is 6.44. The fraction of sp³-hybridized carbons (Fsp3) is 0.333. The van der Waals surface area contributed by atoms with Gasteiger partial charge in [0.1, 0.15) is 15.5 Å². The van der Waals surface area contributed by atoms with E-state index in [0.29, 0.717) is 16.1 Å². The number of hydrogen-bond acceptors (Lipinski definition) is 5. The number of piperidine rings is 1. The molecule has 1 aromatic carbocycles. The van der Waals surface area contributed by atoms with Crippen molar-refractivity contribution in [2.24, 2.45) is 0 Å². The molecule has 0 saturated carbocycles. The average Bonchev–Trinajstić information content (AvgIpc) is 2.98. The number of carbonyl (C=O) groups excluding carboxylic acids is 1. The summed E-state index contributed by atoms with van der Waals surface area (Å²) in [7, 11) is 0. The fourth-order valence-corrected chi connectivity index (χ4v) is 4.70. The van der Waals surface area contributed by atoms with Gasteiger partial charge in [0, 0.05) is 35.4 Å². The van der Waals surface area contributed by atoms with Crippen LogP contribution in [0.15, 0.2) is 24.3 Å². The third-order valence-electron chi connectivity index (χ3n) is 5.27. The van der Waals surface area contributed by atoms with Crippen molar-refractivity contribution in [3.8, 4) is 0 Å². The van der Waals surface area contributed by atoms with E-state index in [2.05, 4.69) is 9.88 Å². The Hall–Kier alpha value is -2.47. The number of benzene rings is 1. The van der Waals surface area contributed by atoms with Crippen LogP contribution in [0.5, 0.6) is 0 Å². The van der Waals surface area contributed by atoms with E-state index in [-0.39, 0.29) is 5.78 Å². The van der Waals surface area contributed by atoms with E-state index in [9.17, 15) is 9.18 Å². The number of rotatable bonds is 3. The third kappa shape index (κ3) is 3.18. The Labute approximate surface area is 161 Å². The SMILES string of the molecule is Cc1cc2c(N)c(C(=O)c3cc(F)ccc3N3CCCCC3)sc2nc1C. The van der Waals surface area contributed by atoms with E-state index in [1.165, 1.54) is 29.9 Å². The molecule has 0 bridgehead atoms. The van der Waals surface area contributed by atoms with Crippen LogP contribution >= 0.6 is 11.3 Å². The highest BCUT2D eigenvalue weighted by molar-refractivity contribution is 7.21. The second kappa shape index (κ2) is 6.93. The molecule has 27 heavy (non-hydrogen) atoms. The van der Waals surface area contributed by atoms with Crippen LogP contribution in [0.25, 0.3) is 10.2 Å². The molecule has 2 N–H and O–H groups in total. The van der Waals surface area contributed by atoms with Crippen molar-refractivity contribution in [1.29, 1.82) is 0 Å². The molecular weight excluding hydrogens is 361 g/mol. The van der Waals surface area contributed by atoms with Crippen LogP contribution in [0, 0.1) is 19.7 Å². The van der Waals surface area contributed by atoms with Crippen LogP contribution in [0.1, 0.15) is 45.8 Å². The van der Waals surface area contributed by atoms with Gasteiger partial charge in [0.15, 0.2) is 0 Å². The molecule has 6 heteroatoms. The molecule has 3 aromatic rings. The lowest BCUT2D eigenvalue weighted by Crippen LogP contribution is -2.30. The summed E-state index contributed by atoms with van der Waals surface area (Å²) in [6.45, 7) is 5.68. The van der Waals surface area contributed by atoms with Gasteiger partial charge in [-0.2, -0.15) is 0 Å². The van der Waals surface area contributed by atoms with Gasteiger partial charge in [-0.1, -0.05) is 0 Å². The summed E-state index contributed by atoms with van der Waals surface area (Å²) in [5.41, 5.74) is 9.86. The maximum Gasteiger partial charge on any atom is 0.207 e. The van der Waals surface area contributed by atoms with Crippen LogP contribution < -0.4 is 10.6 Å². The Bertz CT molecular complexity index is 1040. The maximum absolute atomic E-state index is 14.0. The first-order valence-electron chi connectivity index (χ1n) is 9.21. The molecular formula is C21H22FN3OS. The zero-order valence-corrected chi connectivity index (χ0v) is 16.3. The Kier molecular flexibility index (Phi) is 4.60. The highest BCUT2D eigenvalue weighted by Crippen LogP contribution is 2.37. The van der Waals surface area contributed by atoms with Gasteiger partial charge < -0.3 is 10.6 Å². The van der Waals surface area contributed by atoms with Crippen LogP contribution in [0.3, 0.4) is 0 Å². The second-order valence-electron chi connectivity index (χ2n) is 7.13. The molecule has 4 nitrogen and oxygen atoms in total. The van der Waals surface area contributed by atoms with Crippen molar-refractivity contribution < 1.29 is 9.18 Å². The van der Waals surface area contributed by atoms with Gasteiger partial charge in [-0.3, -0.25) is 4.79 Å².